The first-order valence-electron chi connectivity index (χ1n) is 2.93. The molecule has 0 amide bonds. The van der Waals surface area contributed by atoms with Crippen molar-refractivity contribution in [1.29, 1.82) is 0 Å². The summed E-state index contributed by atoms with van der Waals surface area (Å²) in [6, 6.07) is 0. The van der Waals surface area contributed by atoms with E-state index in [1.807, 2.05) is 20.8 Å². The average Bonchev–Trinajstić information content (AvgIpc) is 1.63. The zero-order chi connectivity index (χ0) is 7.44. The molecule has 0 rings (SSSR count). The number of carbonyl (C=O) groups is 1. The number of hydrogen-bond acceptors (Lipinski definition) is 2. The molecule has 1 atom stereocenters. The van der Waals surface area contributed by atoms with Gasteiger partial charge in [-0.05, 0) is 17.7 Å². The maximum atomic E-state index is 10.1. The molecule has 0 aromatic heterocycles. The second-order valence-electron chi connectivity index (χ2n) is 2.33. The molecule has 1 unspecified atom stereocenters. The van der Waals surface area contributed by atoms with Crippen molar-refractivity contribution < 1.29 is 9.90 Å². The molecule has 0 radical (unpaired) electrons. The second kappa shape index (κ2) is 6.53. The second-order valence-corrected chi connectivity index (χ2v) is 3.66. The van der Waals surface area contributed by atoms with Crippen LogP contribution in [-0.2, 0) is 0 Å². The van der Waals surface area contributed by atoms with E-state index in [2.05, 4.69) is 0 Å². The van der Waals surface area contributed by atoms with E-state index >= 15 is 0 Å². The van der Waals surface area contributed by atoms with Crippen LogP contribution in [-0.4, -0.2) is 45.2 Å². The fourth-order valence-corrected chi connectivity index (χ4v) is 0.885. The average molecular weight is 172 g/mol. The minimum atomic E-state index is -0.781. The van der Waals surface area contributed by atoms with Crippen molar-refractivity contribution in [1.82, 2.24) is 0 Å². The number of thioether (sulfide) groups is 1. The molecular formula is C6H13NaO2S. The van der Waals surface area contributed by atoms with Gasteiger partial charge >= 0.3 is 34.9 Å². The Morgan fingerprint density at radius 1 is 1.40 bits per heavy atom. The molecule has 0 saturated carbocycles. The molecule has 0 fully saturated rings. The molecule has 0 aliphatic rings. The molecular weight excluding hydrogens is 159 g/mol. The van der Waals surface area contributed by atoms with Crippen molar-refractivity contribution in [2.45, 2.75) is 26.0 Å². The Hall–Kier alpha value is 0.820. The Bertz CT molecular complexity index is 106. The minimum absolute atomic E-state index is 0. The van der Waals surface area contributed by atoms with Crippen LogP contribution in [0.4, 0.5) is 4.79 Å². The van der Waals surface area contributed by atoms with Crippen LogP contribution in [0.3, 0.4) is 0 Å². The number of carboxylic acid groups (broad SMARTS) is 1. The van der Waals surface area contributed by atoms with E-state index in [-0.39, 0.29) is 34.8 Å². The molecule has 0 aliphatic carbocycles. The maximum absolute atomic E-state index is 10.1. The molecule has 1 N–H and O–H groups in total. The molecule has 10 heavy (non-hydrogen) atoms. The normalized spacial score (nSPS) is 12.4. The first-order chi connectivity index (χ1) is 4.04. The first kappa shape index (κ1) is 13.4. The third-order valence-electron chi connectivity index (χ3n) is 1.23. The SMILES string of the molecule is CC(C)C(C)SC(=O)O.[NaH]. The van der Waals surface area contributed by atoms with Crippen LogP contribution in [0.5, 0.6) is 0 Å². The van der Waals surface area contributed by atoms with Crippen LogP contribution in [0.15, 0.2) is 0 Å². The van der Waals surface area contributed by atoms with E-state index in [0.717, 1.165) is 11.8 Å². The van der Waals surface area contributed by atoms with Gasteiger partial charge in [0.15, 0.2) is 0 Å². The van der Waals surface area contributed by atoms with E-state index in [1.165, 1.54) is 0 Å². The van der Waals surface area contributed by atoms with Crippen LogP contribution in [0.25, 0.3) is 0 Å². The van der Waals surface area contributed by atoms with E-state index in [0.29, 0.717) is 5.92 Å². The predicted molar refractivity (Wildman–Crippen MR) is 47.1 cm³/mol. The van der Waals surface area contributed by atoms with Crippen molar-refractivity contribution in [2.24, 2.45) is 5.92 Å². The van der Waals surface area contributed by atoms with Gasteiger partial charge in [0.25, 0.3) is 0 Å². The van der Waals surface area contributed by atoms with Gasteiger partial charge in [-0.1, -0.05) is 20.8 Å². The van der Waals surface area contributed by atoms with Gasteiger partial charge in [-0.3, -0.25) is 0 Å². The quantitative estimate of drug-likeness (QED) is 0.645. The topological polar surface area (TPSA) is 37.3 Å². The third kappa shape index (κ3) is 6.93. The molecule has 56 valence electrons. The Morgan fingerprint density at radius 3 is 1.90 bits per heavy atom. The van der Waals surface area contributed by atoms with Gasteiger partial charge in [0.2, 0.25) is 0 Å². The summed E-state index contributed by atoms with van der Waals surface area (Å²) in [5.74, 6) is 0.436. The number of rotatable bonds is 2. The van der Waals surface area contributed by atoms with E-state index in [4.69, 9.17) is 5.11 Å². The van der Waals surface area contributed by atoms with Gasteiger partial charge in [0, 0.05) is 5.25 Å². The van der Waals surface area contributed by atoms with Crippen LogP contribution in [0.2, 0.25) is 0 Å². The number of hydrogen-bond donors (Lipinski definition) is 1. The van der Waals surface area contributed by atoms with Crippen molar-refractivity contribution in [3.63, 3.8) is 0 Å². The Labute approximate surface area is 88.1 Å². The van der Waals surface area contributed by atoms with Crippen molar-refractivity contribution in [3.8, 4) is 0 Å². The van der Waals surface area contributed by atoms with Crippen molar-refractivity contribution in [2.75, 3.05) is 0 Å². The van der Waals surface area contributed by atoms with Gasteiger partial charge < -0.3 is 5.11 Å². The summed E-state index contributed by atoms with van der Waals surface area (Å²) in [4.78, 5) is 10.1. The van der Waals surface area contributed by atoms with Gasteiger partial charge in [0.1, 0.15) is 0 Å². The van der Waals surface area contributed by atoms with Gasteiger partial charge in [-0.2, -0.15) is 0 Å². The Balaban J connectivity index is 0. The summed E-state index contributed by atoms with van der Waals surface area (Å²) in [5, 5.41) is 7.73. The van der Waals surface area contributed by atoms with E-state index in [1.54, 1.807) is 0 Å². The standard InChI is InChI=1S/C6H12O2S.Na.H/c1-4(2)5(3)9-6(7)8;;/h4-5H,1-3H3,(H,7,8);;. The zero-order valence-corrected chi connectivity index (χ0v) is 6.73. The third-order valence-corrected chi connectivity index (χ3v) is 2.34. The van der Waals surface area contributed by atoms with Gasteiger partial charge in [-0.25, -0.2) is 4.79 Å². The summed E-state index contributed by atoms with van der Waals surface area (Å²) in [5.41, 5.74) is 0. The summed E-state index contributed by atoms with van der Waals surface area (Å²) < 4.78 is 0. The summed E-state index contributed by atoms with van der Waals surface area (Å²) in [6.07, 6.45) is 0. The van der Waals surface area contributed by atoms with Crippen molar-refractivity contribution >= 4 is 46.6 Å². The molecule has 0 aromatic carbocycles. The molecule has 0 bridgehead atoms. The predicted octanol–water partition coefficient (Wildman–Crippen LogP) is 1.79. The Morgan fingerprint density at radius 2 is 1.80 bits per heavy atom. The van der Waals surface area contributed by atoms with Crippen LogP contribution >= 0.6 is 11.8 Å². The molecule has 2 nitrogen and oxygen atoms in total. The van der Waals surface area contributed by atoms with Gasteiger partial charge in [0.05, 0.1) is 0 Å². The molecule has 0 aromatic rings. The van der Waals surface area contributed by atoms with E-state index < -0.39 is 5.30 Å². The van der Waals surface area contributed by atoms with Crippen LogP contribution < -0.4 is 0 Å². The first-order valence-corrected chi connectivity index (χ1v) is 3.81. The fourth-order valence-electron chi connectivity index (χ4n) is 0.295. The van der Waals surface area contributed by atoms with Crippen LogP contribution in [0, 0.1) is 5.92 Å². The molecule has 4 heteroatoms. The monoisotopic (exact) mass is 172 g/mol. The summed E-state index contributed by atoms with van der Waals surface area (Å²) in [6.45, 7) is 5.95. The van der Waals surface area contributed by atoms with Gasteiger partial charge in [-0.15, -0.1) is 0 Å². The van der Waals surface area contributed by atoms with Crippen LogP contribution in [0.1, 0.15) is 20.8 Å². The summed E-state index contributed by atoms with van der Waals surface area (Å²) in [7, 11) is 0. The summed E-state index contributed by atoms with van der Waals surface area (Å²) >= 11 is 0.979. The molecule has 0 aliphatic heterocycles. The molecule has 0 saturated heterocycles. The Kier molecular flexibility index (Phi) is 8.75. The molecule has 0 spiro atoms. The van der Waals surface area contributed by atoms with Crippen molar-refractivity contribution in [3.05, 3.63) is 0 Å². The van der Waals surface area contributed by atoms with E-state index in [9.17, 15) is 4.79 Å². The molecule has 0 heterocycles. The fraction of sp³-hybridized carbons (Fsp3) is 0.833. The zero-order valence-electron chi connectivity index (χ0n) is 5.92.